The average Bonchev–Trinajstić information content (AvgIpc) is 2.47. The van der Waals surface area contributed by atoms with Gasteiger partial charge in [-0.3, -0.25) is 9.59 Å². The summed E-state index contributed by atoms with van der Waals surface area (Å²) in [5.41, 5.74) is 5.02. The number of nitrogens with one attached hydrogen (secondary N) is 1. The van der Waals surface area contributed by atoms with Crippen LogP contribution in [0.25, 0.3) is 11.4 Å². The molecule has 21 heavy (non-hydrogen) atoms. The van der Waals surface area contributed by atoms with E-state index in [4.69, 9.17) is 10.5 Å². The van der Waals surface area contributed by atoms with Crippen molar-refractivity contribution in [2.75, 3.05) is 0 Å². The number of primary amides is 1. The van der Waals surface area contributed by atoms with Crippen LogP contribution in [0.3, 0.4) is 0 Å². The highest BCUT2D eigenvalue weighted by Crippen LogP contribution is 2.27. The molecule has 3 N–H and O–H groups in total. The van der Waals surface area contributed by atoms with Gasteiger partial charge in [-0.15, -0.1) is 0 Å². The summed E-state index contributed by atoms with van der Waals surface area (Å²) in [6.45, 7) is 3.98. The molecule has 1 aromatic carbocycles. The molecule has 0 saturated heterocycles. The highest BCUT2D eigenvalue weighted by molar-refractivity contribution is 5.92. The summed E-state index contributed by atoms with van der Waals surface area (Å²) in [6.07, 6.45) is 2.08. The predicted octanol–water partition coefficient (Wildman–Crippen LogP) is 1.71. The maximum atomic E-state index is 11.8. The maximum absolute atomic E-state index is 11.8. The lowest BCUT2D eigenvalue weighted by Gasteiger charge is -2.15. The van der Waals surface area contributed by atoms with Gasteiger partial charge in [0, 0.05) is 6.20 Å². The zero-order valence-electron chi connectivity index (χ0n) is 11.9. The number of hydrogen-bond donors (Lipinski definition) is 2. The van der Waals surface area contributed by atoms with Gasteiger partial charge in [-0.1, -0.05) is 19.1 Å². The normalized spacial score (nSPS) is 11.9. The van der Waals surface area contributed by atoms with Gasteiger partial charge >= 0.3 is 0 Å². The van der Waals surface area contributed by atoms with E-state index < -0.39 is 11.5 Å². The van der Waals surface area contributed by atoms with Crippen molar-refractivity contribution >= 4 is 5.91 Å². The summed E-state index contributed by atoms with van der Waals surface area (Å²) in [7, 11) is 0. The van der Waals surface area contributed by atoms with Gasteiger partial charge in [0.15, 0.2) is 0 Å². The lowest BCUT2D eigenvalue weighted by Crippen LogP contribution is -2.24. The number of aromatic nitrogens is 2. The number of H-pyrrole nitrogens is 1. The monoisotopic (exact) mass is 287 g/mol. The number of ether oxygens (including phenoxy) is 1. The molecule has 1 amide bonds. The van der Waals surface area contributed by atoms with Crippen molar-refractivity contribution in [1.82, 2.24) is 9.97 Å². The minimum absolute atomic E-state index is 0.0442. The Morgan fingerprint density at radius 2 is 2.14 bits per heavy atom. The number of aromatic amines is 1. The van der Waals surface area contributed by atoms with Crippen molar-refractivity contribution in [3.05, 3.63) is 46.4 Å². The molecule has 0 bridgehead atoms. The Bertz CT molecular complexity index is 709. The summed E-state index contributed by atoms with van der Waals surface area (Å²) in [5, 5.41) is 0. The zero-order valence-corrected chi connectivity index (χ0v) is 11.9. The van der Waals surface area contributed by atoms with E-state index in [9.17, 15) is 9.59 Å². The van der Waals surface area contributed by atoms with Crippen molar-refractivity contribution in [3.63, 3.8) is 0 Å². The summed E-state index contributed by atoms with van der Waals surface area (Å²) in [4.78, 5) is 29.5. The summed E-state index contributed by atoms with van der Waals surface area (Å²) in [5.74, 6) is 0.158. The second-order valence-electron chi connectivity index (χ2n) is 4.67. The third-order valence-corrected chi connectivity index (χ3v) is 3.11. The Morgan fingerprint density at radius 3 is 2.76 bits per heavy atom. The van der Waals surface area contributed by atoms with Crippen LogP contribution in [-0.2, 0) is 0 Å². The highest BCUT2D eigenvalue weighted by atomic mass is 16.5. The van der Waals surface area contributed by atoms with E-state index in [1.165, 1.54) is 6.20 Å². The molecule has 0 radical (unpaired) electrons. The lowest BCUT2D eigenvalue weighted by atomic mass is 10.1. The van der Waals surface area contributed by atoms with Crippen molar-refractivity contribution < 1.29 is 9.53 Å². The molecule has 0 spiro atoms. The summed E-state index contributed by atoms with van der Waals surface area (Å²) in [6, 6.07) is 7.27. The number of rotatable bonds is 5. The van der Waals surface area contributed by atoms with Crippen LogP contribution in [0.4, 0.5) is 0 Å². The summed E-state index contributed by atoms with van der Waals surface area (Å²) >= 11 is 0. The Kier molecular flexibility index (Phi) is 4.37. The largest absolute Gasteiger partial charge is 0.490 e. The van der Waals surface area contributed by atoms with E-state index in [1.54, 1.807) is 6.07 Å². The fourth-order valence-electron chi connectivity index (χ4n) is 1.77. The Hall–Kier alpha value is -2.63. The van der Waals surface area contributed by atoms with Crippen molar-refractivity contribution in [3.8, 4) is 17.1 Å². The van der Waals surface area contributed by atoms with Gasteiger partial charge in [-0.25, -0.2) is 4.98 Å². The molecule has 0 saturated carbocycles. The molecular formula is C15H17N3O3. The topological polar surface area (TPSA) is 98.1 Å². The van der Waals surface area contributed by atoms with Gasteiger partial charge in [0.2, 0.25) is 0 Å². The molecule has 1 unspecified atom stereocenters. The Labute approximate surface area is 122 Å². The molecule has 1 aromatic heterocycles. The molecule has 6 heteroatoms. The van der Waals surface area contributed by atoms with Crippen LogP contribution in [0.1, 0.15) is 30.6 Å². The van der Waals surface area contributed by atoms with E-state index >= 15 is 0 Å². The minimum atomic E-state index is -0.806. The second-order valence-corrected chi connectivity index (χ2v) is 4.67. The molecule has 1 heterocycles. The fraction of sp³-hybridized carbons (Fsp3) is 0.267. The molecule has 1 atom stereocenters. The van der Waals surface area contributed by atoms with Gasteiger partial charge < -0.3 is 15.5 Å². The van der Waals surface area contributed by atoms with Crippen LogP contribution in [0.2, 0.25) is 0 Å². The van der Waals surface area contributed by atoms with Crippen LogP contribution >= 0.6 is 0 Å². The number of benzene rings is 1. The van der Waals surface area contributed by atoms with Crippen molar-refractivity contribution in [2.45, 2.75) is 26.4 Å². The van der Waals surface area contributed by atoms with Crippen LogP contribution < -0.4 is 16.0 Å². The standard InChI is InChI=1S/C15H17N3O3/c1-3-9(2)21-12-7-5-4-6-10(12)14-17-8-11(13(16)19)15(20)18-14/h4-9H,3H2,1-2H3,(H2,16,19)(H,17,18,20). The van der Waals surface area contributed by atoms with E-state index in [2.05, 4.69) is 9.97 Å². The Morgan fingerprint density at radius 1 is 1.43 bits per heavy atom. The molecular weight excluding hydrogens is 270 g/mol. The van der Waals surface area contributed by atoms with Gasteiger partial charge in [-0.2, -0.15) is 0 Å². The van der Waals surface area contributed by atoms with Crippen LogP contribution in [0, 0.1) is 0 Å². The molecule has 6 nitrogen and oxygen atoms in total. The lowest BCUT2D eigenvalue weighted by molar-refractivity contribution is 0.0998. The fourth-order valence-corrected chi connectivity index (χ4v) is 1.77. The molecule has 110 valence electrons. The molecule has 2 rings (SSSR count). The SMILES string of the molecule is CCC(C)Oc1ccccc1-c1ncc(C(N)=O)c(=O)[nH]1. The first-order valence-corrected chi connectivity index (χ1v) is 6.68. The second kappa shape index (κ2) is 6.21. The number of para-hydroxylation sites is 1. The zero-order chi connectivity index (χ0) is 15.4. The first-order valence-electron chi connectivity index (χ1n) is 6.68. The number of carbonyl (C=O) groups is 1. The number of amides is 1. The number of hydrogen-bond acceptors (Lipinski definition) is 4. The van der Waals surface area contributed by atoms with E-state index in [0.717, 1.165) is 6.42 Å². The van der Waals surface area contributed by atoms with Crippen LogP contribution in [-0.4, -0.2) is 22.0 Å². The smallest absolute Gasteiger partial charge is 0.264 e. The Balaban J connectivity index is 2.45. The quantitative estimate of drug-likeness (QED) is 0.874. The minimum Gasteiger partial charge on any atom is -0.490 e. The molecule has 0 aliphatic rings. The van der Waals surface area contributed by atoms with Crippen LogP contribution in [0.15, 0.2) is 35.3 Å². The van der Waals surface area contributed by atoms with E-state index in [0.29, 0.717) is 17.1 Å². The highest BCUT2D eigenvalue weighted by Gasteiger charge is 2.13. The molecule has 0 fully saturated rings. The number of carbonyl (C=O) groups excluding carboxylic acids is 1. The van der Waals surface area contributed by atoms with Crippen LogP contribution in [0.5, 0.6) is 5.75 Å². The number of nitrogens with two attached hydrogens (primary N) is 1. The first-order chi connectivity index (χ1) is 10.0. The van der Waals surface area contributed by atoms with Gasteiger partial charge in [0.1, 0.15) is 17.1 Å². The molecule has 0 aliphatic heterocycles. The molecule has 0 aliphatic carbocycles. The van der Waals surface area contributed by atoms with Gasteiger partial charge in [0.25, 0.3) is 11.5 Å². The average molecular weight is 287 g/mol. The van der Waals surface area contributed by atoms with Crippen molar-refractivity contribution in [2.24, 2.45) is 5.73 Å². The summed E-state index contributed by atoms with van der Waals surface area (Å²) < 4.78 is 5.81. The number of nitrogens with zero attached hydrogens (tertiary/aromatic N) is 1. The van der Waals surface area contributed by atoms with E-state index in [1.807, 2.05) is 32.0 Å². The van der Waals surface area contributed by atoms with Gasteiger partial charge in [0.05, 0.1) is 11.7 Å². The maximum Gasteiger partial charge on any atom is 0.264 e. The third-order valence-electron chi connectivity index (χ3n) is 3.11. The predicted molar refractivity (Wildman–Crippen MR) is 79.2 cm³/mol. The first kappa shape index (κ1) is 14.8. The van der Waals surface area contributed by atoms with Gasteiger partial charge in [-0.05, 0) is 25.5 Å². The van der Waals surface area contributed by atoms with Crippen molar-refractivity contribution in [1.29, 1.82) is 0 Å². The molecule has 2 aromatic rings. The van der Waals surface area contributed by atoms with E-state index in [-0.39, 0.29) is 11.7 Å². The third kappa shape index (κ3) is 3.28.